The number of nitrogens with zero attached hydrogens (tertiary/aromatic N) is 1. The van der Waals surface area contributed by atoms with Crippen LogP contribution < -0.4 is 10.6 Å². The van der Waals surface area contributed by atoms with Crippen molar-refractivity contribution < 1.29 is 23.5 Å². The monoisotopic (exact) mass is 523 g/mol. The molecule has 0 aliphatic carbocycles. The number of carbonyl (C=O) groups excluding carboxylic acids is 1. The average Bonchev–Trinajstić information content (AvgIpc) is 2.72. The third-order valence-corrected chi connectivity index (χ3v) is 4.98. The van der Waals surface area contributed by atoms with Gasteiger partial charge in [-0.15, -0.1) is 0 Å². The van der Waals surface area contributed by atoms with Gasteiger partial charge in [0, 0.05) is 28.2 Å². The van der Waals surface area contributed by atoms with Crippen molar-refractivity contribution in [3.05, 3.63) is 86.3 Å². The number of amides is 1. The molecule has 1 aromatic heterocycles. The maximum atomic E-state index is 14.8. The van der Waals surface area contributed by atoms with Gasteiger partial charge in [-0.05, 0) is 71.0 Å². The summed E-state index contributed by atoms with van der Waals surface area (Å²) in [5, 5.41) is 14.6. The number of hydrogen-bond acceptors (Lipinski definition) is 4. The minimum atomic E-state index is -1.50. The fourth-order valence-corrected chi connectivity index (χ4v) is 3.41. The first-order valence-electron chi connectivity index (χ1n) is 8.73. The van der Waals surface area contributed by atoms with Crippen LogP contribution in [0.1, 0.15) is 31.8 Å². The smallest absolute Gasteiger partial charge is 0.337 e. The van der Waals surface area contributed by atoms with Crippen molar-refractivity contribution in [1.29, 1.82) is 0 Å². The first-order chi connectivity index (χ1) is 14.3. The van der Waals surface area contributed by atoms with Gasteiger partial charge in [-0.3, -0.25) is 9.78 Å². The number of aryl methyl sites for hydroxylation is 1. The van der Waals surface area contributed by atoms with Crippen molar-refractivity contribution >= 4 is 45.8 Å². The molecule has 0 saturated heterocycles. The average molecular weight is 523 g/mol. The Balaban J connectivity index is 1.95. The molecule has 0 saturated carbocycles. The zero-order valence-electron chi connectivity index (χ0n) is 15.7. The number of benzene rings is 2. The number of nitrogens with one attached hydrogen (secondary N) is 2. The molecule has 0 spiro atoms. The van der Waals surface area contributed by atoms with Crippen LogP contribution in [0.15, 0.2) is 48.8 Å². The summed E-state index contributed by atoms with van der Waals surface area (Å²) in [4.78, 5) is 28.0. The van der Waals surface area contributed by atoms with Crippen LogP contribution in [0.25, 0.3) is 0 Å². The van der Waals surface area contributed by atoms with E-state index in [0.717, 1.165) is 15.2 Å². The molecule has 9 heteroatoms. The number of pyridine rings is 1. The van der Waals surface area contributed by atoms with Crippen molar-refractivity contribution in [2.24, 2.45) is 0 Å². The second-order valence-corrected chi connectivity index (χ2v) is 7.65. The van der Waals surface area contributed by atoms with Gasteiger partial charge in [0.1, 0.15) is 0 Å². The van der Waals surface area contributed by atoms with E-state index in [0.29, 0.717) is 11.3 Å². The van der Waals surface area contributed by atoms with Gasteiger partial charge >= 0.3 is 5.97 Å². The number of hydrogen-bond donors (Lipinski definition) is 3. The molecular weight excluding hydrogens is 507 g/mol. The van der Waals surface area contributed by atoms with Crippen molar-refractivity contribution in [2.75, 3.05) is 5.32 Å². The van der Waals surface area contributed by atoms with Gasteiger partial charge in [0.25, 0.3) is 5.91 Å². The third kappa shape index (κ3) is 4.73. The van der Waals surface area contributed by atoms with E-state index in [9.17, 15) is 23.5 Å². The summed E-state index contributed by atoms with van der Waals surface area (Å²) in [6.45, 7) is 1.78. The van der Waals surface area contributed by atoms with Crippen LogP contribution in [0.5, 0.6) is 0 Å². The molecule has 0 aliphatic rings. The molecule has 30 heavy (non-hydrogen) atoms. The fourth-order valence-electron chi connectivity index (χ4n) is 2.76. The highest BCUT2D eigenvalue weighted by molar-refractivity contribution is 14.1. The number of aromatic carboxylic acids is 1. The predicted molar refractivity (Wildman–Crippen MR) is 116 cm³/mol. The van der Waals surface area contributed by atoms with Gasteiger partial charge < -0.3 is 15.7 Å². The van der Waals surface area contributed by atoms with Crippen molar-refractivity contribution in [2.45, 2.75) is 13.5 Å². The van der Waals surface area contributed by atoms with Gasteiger partial charge in [0.05, 0.1) is 16.8 Å². The molecule has 0 fully saturated rings. The quantitative estimate of drug-likeness (QED) is 0.410. The van der Waals surface area contributed by atoms with E-state index in [1.807, 2.05) is 0 Å². The molecular formula is C21H16F2IN3O3. The Morgan fingerprint density at radius 3 is 2.53 bits per heavy atom. The molecule has 3 rings (SSSR count). The number of carboxylic acids is 1. The zero-order valence-corrected chi connectivity index (χ0v) is 17.8. The second-order valence-electron chi connectivity index (χ2n) is 6.41. The lowest BCUT2D eigenvalue weighted by Crippen LogP contribution is -2.25. The standard InChI is InChI=1S/C21H16F2IN3O3/c1-11-7-13(24)4-5-16(11)27-19-15(21(29)30)8-14(17(22)18(19)23)20(28)26-10-12-3-2-6-25-9-12/h2-9,27H,10H2,1H3,(H,26,28)(H,29,30). The fraction of sp³-hybridized carbons (Fsp3) is 0.0952. The van der Waals surface area contributed by atoms with Gasteiger partial charge in [-0.1, -0.05) is 6.07 Å². The number of anilines is 2. The first-order valence-corrected chi connectivity index (χ1v) is 9.81. The summed E-state index contributed by atoms with van der Waals surface area (Å²) in [6, 6.07) is 9.36. The van der Waals surface area contributed by atoms with Gasteiger partial charge in [0.2, 0.25) is 0 Å². The number of aromatic nitrogens is 1. The van der Waals surface area contributed by atoms with Gasteiger partial charge in [-0.2, -0.15) is 0 Å². The van der Waals surface area contributed by atoms with E-state index >= 15 is 0 Å². The van der Waals surface area contributed by atoms with Crippen LogP contribution in [0.3, 0.4) is 0 Å². The van der Waals surface area contributed by atoms with E-state index in [1.165, 1.54) is 6.20 Å². The van der Waals surface area contributed by atoms with Gasteiger partial charge in [0.15, 0.2) is 11.6 Å². The van der Waals surface area contributed by atoms with Crippen molar-refractivity contribution in [3.63, 3.8) is 0 Å². The minimum Gasteiger partial charge on any atom is -0.478 e. The largest absolute Gasteiger partial charge is 0.478 e. The summed E-state index contributed by atoms with van der Waals surface area (Å²) in [5.74, 6) is -5.32. The molecule has 0 unspecified atom stereocenters. The predicted octanol–water partition coefficient (Wildman–Crippen LogP) is 4.64. The van der Waals surface area contributed by atoms with Crippen LogP contribution in [-0.2, 0) is 6.54 Å². The molecule has 2 aromatic carbocycles. The van der Waals surface area contributed by atoms with Crippen molar-refractivity contribution in [1.82, 2.24) is 10.3 Å². The molecule has 1 amide bonds. The lowest BCUT2D eigenvalue weighted by molar-refractivity contribution is 0.0697. The lowest BCUT2D eigenvalue weighted by atomic mass is 10.0. The van der Waals surface area contributed by atoms with E-state index in [-0.39, 0.29) is 6.54 Å². The number of rotatable bonds is 6. The molecule has 154 valence electrons. The lowest BCUT2D eigenvalue weighted by Gasteiger charge is -2.16. The maximum Gasteiger partial charge on any atom is 0.337 e. The zero-order chi connectivity index (χ0) is 21.8. The van der Waals surface area contributed by atoms with Crippen LogP contribution in [0.4, 0.5) is 20.2 Å². The molecule has 0 atom stereocenters. The van der Waals surface area contributed by atoms with Crippen LogP contribution in [0, 0.1) is 22.1 Å². The molecule has 0 aliphatic heterocycles. The Labute approximate surface area is 184 Å². The number of carboxylic acid groups (broad SMARTS) is 1. The van der Waals surface area contributed by atoms with E-state index in [4.69, 9.17) is 0 Å². The van der Waals surface area contributed by atoms with Crippen molar-refractivity contribution in [3.8, 4) is 0 Å². The summed E-state index contributed by atoms with van der Waals surface area (Å²) < 4.78 is 30.4. The van der Waals surface area contributed by atoms with Crippen LogP contribution >= 0.6 is 22.6 Å². The highest BCUT2D eigenvalue weighted by Crippen LogP contribution is 2.30. The normalized spacial score (nSPS) is 10.5. The Kier molecular flexibility index (Phi) is 6.60. The summed E-state index contributed by atoms with van der Waals surface area (Å²) in [5.41, 5.74) is -0.0100. The number of halogens is 3. The number of carbonyl (C=O) groups is 2. The molecule has 3 aromatic rings. The SMILES string of the molecule is Cc1cc(I)ccc1Nc1c(C(=O)O)cc(C(=O)NCc2cccnc2)c(F)c1F. The highest BCUT2D eigenvalue weighted by atomic mass is 127. The molecule has 3 N–H and O–H groups in total. The molecule has 1 heterocycles. The summed E-state index contributed by atoms with van der Waals surface area (Å²) in [7, 11) is 0. The van der Waals surface area contributed by atoms with Crippen LogP contribution in [-0.4, -0.2) is 22.0 Å². The molecule has 6 nitrogen and oxygen atoms in total. The Morgan fingerprint density at radius 2 is 1.90 bits per heavy atom. The van der Waals surface area contributed by atoms with E-state index in [2.05, 4.69) is 38.2 Å². The minimum absolute atomic E-state index is 0.0258. The van der Waals surface area contributed by atoms with Gasteiger partial charge in [-0.25, -0.2) is 13.6 Å². The summed E-state index contributed by atoms with van der Waals surface area (Å²) >= 11 is 2.10. The maximum absolute atomic E-state index is 14.8. The van der Waals surface area contributed by atoms with E-state index in [1.54, 1.807) is 43.5 Å². The molecule has 0 radical (unpaired) electrons. The van der Waals surface area contributed by atoms with Crippen LogP contribution in [0.2, 0.25) is 0 Å². The first kappa shape index (κ1) is 21.6. The second kappa shape index (κ2) is 9.16. The topological polar surface area (TPSA) is 91.3 Å². The Bertz CT molecular complexity index is 1120. The molecule has 0 bridgehead atoms. The Hall–Kier alpha value is -3.08. The van der Waals surface area contributed by atoms with E-state index < -0.39 is 40.3 Å². The highest BCUT2D eigenvalue weighted by Gasteiger charge is 2.26. The Morgan fingerprint density at radius 1 is 1.13 bits per heavy atom. The third-order valence-electron chi connectivity index (χ3n) is 4.31. The summed E-state index contributed by atoms with van der Waals surface area (Å²) in [6.07, 6.45) is 3.07.